The predicted molar refractivity (Wildman–Crippen MR) is 106 cm³/mol. The fraction of sp³-hybridized carbons (Fsp3) is 0.571. The highest BCUT2D eigenvalue weighted by Gasteiger charge is 2.31. The van der Waals surface area contributed by atoms with Gasteiger partial charge in [0.25, 0.3) is 5.91 Å². The minimum atomic E-state index is -1.06. The summed E-state index contributed by atoms with van der Waals surface area (Å²) >= 11 is 0. The van der Waals surface area contributed by atoms with Gasteiger partial charge in [-0.1, -0.05) is 44.2 Å². The Labute approximate surface area is 171 Å². The molecule has 8 heteroatoms. The largest absolute Gasteiger partial charge is 0.467 e. The van der Waals surface area contributed by atoms with Gasteiger partial charge in [-0.25, -0.2) is 9.59 Å². The van der Waals surface area contributed by atoms with E-state index in [-0.39, 0.29) is 12.3 Å². The van der Waals surface area contributed by atoms with Gasteiger partial charge in [0, 0.05) is 19.5 Å². The van der Waals surface area contributed by atoms with Crippen LogP contribution in [0.15, 0.2) is 30.3 Å². The molecule has 1 heterocycles. The molecule has 29 heavy (non-hydrogen) atoms. The molecule has 1 fully saturated rings. The van der Waals surface area contributed by atoms with Crippen molar-refractivity contribution in [3.63, 3.8) is 0 Å². The standard InChI is InChI=1S/C21H30N2O6/c1-15(2)13-17(20(25)27-3)22-19(24)18(14-16-7-5-4-6-8-16)29-21(26)23-9-11-28-12-10-23/h4-8,15,17-18H,9-14H2,1-3H3,(H,22,24)/t17?,18-/m0/s1. The van der Waals surface area contributed by atoms with Crippen molar-refractivity contribution in [2.45, 2.75) is 38.8 Å². The second kappa shape index (κ2) is 11.4. The number of esters is 1. The first kappa shape index (κ1) is 22.7. The molecule has 160 valence electrons. The second-order valence-electron chi connectivity index (χ2n) is 7.38. The molecule has 8 nitrogen and oxygen atoms in total. The highest BCUT2D eigenvalue weighted by molar-refractivity contribution is 5.88. The minimum absolute atomic E-state index is 0.169. The molecule has 0 bridgehead atoms. The molecule has 1 N–H and O–H groups in total. The maximum Gasteiger partial charge on any atom is 0.410 e. The van der Waals surface area contributed by atoms with E-state index in [1.165, 1.54) is 12.0 Å². The van der Waals surface area contributed by atoms with Gasteiger partial charge in [-0.15, -0.1) is 0 Å². The topological polar surface area (TPSA) is 94.2 Å². The van der Waals surface area contributed by atoms with Crippen molar-refractivity contribution >= 4 is 18.0 Å². The van der Waals surface area contributed by atoms with Crippen LogP contribution in [0.1, 0.15) is 25.8 Å². The number of amides is 2. The molecule has 1 unspecified atom stereocenters. The Morgan fingerprint density at radius 2 is 1.79 bits per heavy atom. The lowest BCUT2D eigenvalue weighted by Crippen LogP contribution is -2.50. The molecule has 1 aromatic rings. The van der Waals surface area contributed by atoms with Gasteiger partial charge in [0.1, 0.15) is 6.04 Å². The molecule has 1 saturated heterocycles. The fourth-order valence-electron chi connectivity index (χ4n) is 3.05. The lowest BCUT2D eigenvalue weighted by molar-refractivity contribution is -0.146. The summed E-state index contributed by atoms with van der Waals surface area (Å²) in [6.45, 7) is 5.59. The van der Waals surface area contributed by atoms with Gasteiger partial charge >= 0.3 is 12.1 Å². The summed E-state index contributed by atoms with van der Waals surface area (Å²) in [4.78, 5) is 39.1. The van der Waals surface area contributed by atoms with E-state index in [4.69, 9.17) is 14.2 Å². The number of hydrogen-bond donors (Lipinski definition) is 1. The van der Waals surface area contributed by atoms with Crippen LogP contribution in [-0.4, -0.2) is 68.4 Å². The number of nitrogens with zero attached hydrogens (tertiary/aromatic N) is 1. The molecule has 0 saturated carbocycles. The molecule has 2 rings (SSSR count). The molecule has 0 radical (unpaired) electrons. The fourth-order valence-corrected chi connectivity index (χ4v) is 3.05. The zero-order chi connectivity index (χ0) is 21.2. The smallest absolute Gasteiger partial charge is 0.410 e. The van der Waals surface area contributed by atoms with Crippen LogP contribution in [0, 0.1) is 5.92 Å². The number of ether oxygens (including phenoxy) is 3. The van der Waals surface area contributed by atoms with Gasteiger partial charge in [-0.2, -0.15) is 0 Å². The number of methoxy groups -OCH3 is 1. The Morgan fingerprint density at radius 1 is 1.14 bits per heavy atom. The van der Waals surface area contributed by atoms with Crippen molar-refractivity contribution in [2.75, 3.05) is 33.4 Å². The zero-order valence-electron chi connectivity index (χ0n) is 17.3. The summed E-state index contributed by atoms with van der Waals surface area (Å²) in [7, 11) is 1.28. The zero-order valence-corrected chi connectivity index (χ0v) is 17.3. The third-order valence-corrected chi connectivity index (χ3v) is 4.58. The quantitative estimate of drug-likeness (QED) is 0.662. The minimum Gasteiger partial charge on any atom is -0.467 e. The average Bonchev–Trinajstić information content (AvgIpc) is 2.73. The van der Waals surface area contributed by atoms with Crippen LogP contribution in [0.4, 0.5) is 4.79 Å². The summed E-state index contributed by atoms with van der Waals surface area (Å²) in [5.74, 6) is -0.876. The Balaban J connectivity index is 2.12. The Morgan fingerprint density at radius 3 is 2.38 bits per heavy atom. The number of carbonyl (C=O) groups excluding carboxylic acids is 3. The van der Waals surface area contributed by atoms with E-state index < -0.39 is 30.1 Å². The van der Waals surface area contributed by atoms with Crippen molar-refractivity contribution in [1.82, 2.24) is 10.2 Å². The summed E-state index contributed by atoms with van der Waals surface area (Å²) < 4.78 is 15.6. The lowest BCUT2D eigenvalue weighted by atomic mass is 10.0. The molecule has 1 aliphatic rings. The molecule has 2 amide bonds. The number of hydrogen-bond acceptors (Lipinski definition) is 6. The summed E-state index contributed by atoms with van der Waals surface area (Å²) in [5.41, 5.74) is 0.848. The lowest BCUT2D eigenvalue weighted by Gasteiger charge is -2.28. The summed E-state index contributed by atoms with van der Waals surface area (Å²) in [6, 6.07) is 8.49. The number of nitrogens with one attached hydrogen (secondary N) is 1. The maximum atomic E-state index is 12.9. The monoisotopic (exact) mass is 406 g/mol. The third kappa shape index (κ3) is 7.38. The van der Waals surface area contributed by atoms with E-state index >= 15 is 0 Å². The van der Waals surface area contributed by atoms with Crippen molar-refractivity contribution in [3.8, 4) is 0 Å². The first-order chi connectivity index (χ1) is 13.9. The summed E-state index contributed by atoms with van der Waals surface area (Å²) in [6.07, 6.45) is -0.999. The van der Waals surface area contributed by atoms with E-state index in [1.807, 2.05) is 44.2 Å². The van der Waals surface area contributed by atoms with Gasteiger partial charge in [0.15, 0.2) is 6.10 Å². The molecule has 1 aromatic carbocycles. The van der Waals surface area contributed by atoms with Gasteiger partial charge in [-0.3, -0.25) is 4.79 Å². The van der Waals surface area contributed by atoms with Crippen molar-refractivity contribution in [3.05, 3.63) is 35.9 Å². The van der Waals surface area contributed by atoms with E-state index in [1.54, 1.807) is 0 Å². The number of rotatable bonds is 8. The Hall–Kier alpha value is -2.61. The van der Waals surface area contributed by atoms with Crippen molar-refractivity contribution in [2.24, 2.45) is 5.92 Å². The third-order valence-electron chi connectivity index (χ3n) is 4.58. The van der Waals surface area contributed by atoms with E-state index in [0.29, 0.717) is 32.7 Å². The number of carbonyl (C=O) groups is 3. The van der Waals surface area contributed by atoms with E-state index in [2.05, 4.69) is 5.32 Å². The van der Waals surface area contributed by atoms with Gasteiger partial charge in [0.2, 0.25) is 0 Å². The van der Waals surface area contributed by atoms with Crippen LogP contribution in [0.3, 0.4) is 0 Å². The van der Waals surface area contributed by atoms with Crippen LogP contribution in [0.5, 0.6) is 0 Å². The highest BCUT2D eigenvalue weighted by Crippen LogP contribution is 2.12. The normalized spacial score (nSPS) is 16.1. The molecule has 0 aromatic heterocycles. The van der Waals surface area contributed by atoms with Crippen LogP contribution in [0.2, 0.25) is 0 Å². The highest BCUT2D eigenvalue weighted by atomic mass is 16.6. The molecule has 2 atom stereocenters. The molecule has 1 aliphatic heterocycles. The maximum absolute atomic E-state index is 12.9. The van der Waals surface area contributed by atoms with Crippen LogP contribution in [0.25, 0.3) is 0 Å². The first-order valence-corrected chi connectivity index (χ1v) is 9.86. The van der Waals surface area contributed by atoms with Crippen LogP contribution in [-0.2, 0) is 30.2 Å². The molecule has 0 aliphatic carbocycles. The van der Waals surface area contributed by atoms with Crippen molar-refractivity contribution in [1.29, 1.82) is 0 Å². The molecular formula is C21H30N2O6. The molecule has 0 spiro atoms. The predicted octanol–water partition coefficient (Wildman–Crippen LogP) is 1.77. The average molecular weight is 406 g/mol. The second-order valence-corrected chi connectivity index (χ2v) is 7.38. The van der Waals surface area contributed by atoms with Gasteiger partial charge in [0.05, 0.1) is 20.3 Å². The number of benzene rings is 1. The number of morpholine rings is 1. The van der Waals surface area contributed by atoms with Crippen LogP contribution < -0.4 is 5.32 Å². The van der Waals surface area contributed by atoms with E-state index in [9.17, 15) is 14.4 Å². The van der Waals surface area contributed by atoms with Gasteiger partial charge in [-0.05, 0) is 17.9 Å². The van der Waals surface area contributed by atoms with E-state index in [0.717, 1.165) is 5.56 Å². The van der Waals surface area contributed by atoms with Crippen LogP contribution >= 0.6 is 0 Å². The Bertz CT molecular complexity index is 673. The SMILES string of the molecule is COC(=O)C(CC(C)C)NC(=O)[C@H](Cc1ccccc1)OC(=O)N1CCOCC1. The van der Waals surface area contributed by atoms with Crippen molar-refractivity contribution < 1.29 is 28.6 Å². The molecular weight excluding hydrogens is 376 g/mol. The first-order valence-electron chi connectivity index (χ1n) is 9.86. The summed E-state index contributed by atoms with van der Waals surface area (Å²) in [5, 5.41) is 2.69. The van der Waals surface area contributed by atoms with Gasteiger partial charge < -0.3 is 24.4 Å². The Kier molecular flexibility index (Phi) is 8.92.